The molecule has 2 aromatic rings. The van der Waals surface area contributed by atoms with Crippen LogP contribution in [-0.4, -0.2) is 14.2 Å². The molecule has 0 aliphatic heterocycles. The number of hydrogen-bond acceptors (Lipinski definition) is 3. The molecule has 16 heavy (non-hydrogen) atoms. The van der Waals surface area contributed by atoms with Gasteiger partial charge in [-0.15, -0.1) is 0 Å². The van der Waals surface area contributed by atoms with Gasteiger partial charge in [-0.25, -0.2) is 0 Å². The van der Waals surface area contributed by atoms with Gasteiger partial charge in [-0.05, 0) is 29.7 Å². The van der Waals surface area contributed by atoms with Crippen molar-refractivity contribution in [3.05, 3.63) is 28.7 Å². The summed E-state index contributed by atoms with van der Waals surface area (Å²) in [5, 5.41) is 1.98. The lowest BCUT2D eigenvalue weighted by Crippen LogP contribution is -1.93. The minimum atomic E-state index is 0.684. The van der Waals surface area contributed by atoms with Crippen LogP contribution in [0.4, 0.5) is 5.69 Å². The van der Waals surface area contributed by atoms with Crippen molar-refractivity contribution >= 4 is 32.4 Å². The van der Waals surface area contributed by atoms with Gasteiger partial charge in [0.2, 0.25) is 0 Å². The van der Waals surface area contributed by atoms with E-state index in [1.54, 1.807) is 14.2 Å². The summed E-state index contributed by atoms with van der Waals surface area (Å²) in [5.41, 5.74) is 6.66. The zero-order valence-electron chi connectivity index (χ0n) is 9.08. The highest BCUT2D eigenvalue weighted by Crippen LogP contribution is 2.36. The molecule has 0 aromatic heterocycles. The molecule has 0 heterocycles. The van der Waals surface area contributed by atoms with Crippen LogP contribution in [-0.2, 0) is 0 Å². The number of anilines is 1. The molecule has 0 unspecified atom stereocenters. The zero-order valence-corrected chi connectivity index (χ0v) is 10.7. The van der Waals surface area contributed by atoms with E-state index in [1.807, 2.05) is 24.3 Å². The van der Waals surface area contributed by atoms with E-state index in [0.29, 0.717) is 17.2 Å². The van der Waals surface area contributed by atoms with Crippen LogP contribution in [0.3, 0.4) is 0 Å². The summed E-state index contributed by atoms with van der Waals surface area (Å²) < 4.78 is 11.4. The average Bonchev–Trinajstić information content (AvgIpc) is 2.27. The number of benzene rings is 2. The Morgan fingerprint density at radius 1 is 1.00 bits per heavy atom. The van der Waals surface area contributed by atoms with Crippen molar-refractivity contribution < 1.29 is 9.47 Å². The molecule has 2 N–H and O–H groups in total. The molecule has 2 rings (SSSR count). The summed E-state index contributed by atoms with van der Waals surface area (Å²) in [6.07, 6.45) is 0. The van der Waals surface area contributed by atoms with Gasteiger partial charge in [0.1, 0.15) is 0 Å². The first kappa shape index (κ1) is 11.1. The third-order valence-corrected chi connectivity index (χ3v) is 2.91. The van der Waals surface area contributed by atoms with E-state index in [2.05, 4.69) is 15.9 Å². The number of fused-ring (bicyclic) bond motifs is 1. The Hall–Kier alpha value is -1.42. The van der Waals surface area contributed by atoms with Crippen LogP contribution in [0, 0.1) is 0 Å². The van der Waals surface area contributed by atoms with Crippen LogP contribution in [0.2, 0.25) is 0 Å². The number of ether oxygens (including phenoxy) is 2. The molecule has 0 bridgehead atoms. The largest absolute Gasteiger partial charge is 0.493 e. The molecule has 0 radical (unpaired) electrons. The topological polar surface area (TPSA) is 44.5 Å². The van der Waals surface area contributed by atoms with Crippen molar-refractivity contribution in [3.8, 4) is 11.5 Å². The lowest BCUT2D eigenvalue weighted by atomic mass is 10.1. The second-order valence-electron chi connectivity index (χ2n) is 3.42. The Balaban J connectivity index is 2.78. The van der Waals surface area contributed by atoms with Gasteiger partial charge in [0.05, 0.1) is 14.2 Å². The summed E-state index contributed by atoms with van der Waals surface area (Å²) in [5.74, 6) is 1.39. The molecular formula is C12H12BrNO2. The van der Waals surface area contributed by atoms with Crippen LogP contribution in [0.5, 0.6) is 11.5 Å². The third kappa shape index (κ3) is 1.80. The lowest BCUT2D eigenvalue weighted by molar-refractivity contribution is 0.356. The molecule has 0 spiro atoms. The summed E-state index contributed by atoms with van der Waals surface area (Å²) in [6.45, 7) is 0. The maximum absolute atomic E-state index is 5.95. The van der Waals surface area contributed by atoms with E-state index in [0.717, 1.165) is 15.2 Å². The van der Waals surface area contributed by atoms with Crippen molar-refractivity contribution in [3.63, 3.8) is 0 Å². The molecule has 0 amide bonds. The van der Waals surface area contributed by atoms with E-state index >= 15 is 0 Å². The first-order valence-corrected chi connectivity index (χ1v) is 5.55. The van der Waals surface area contributed by atoms with E-state index in [9.17, 15) is 0 Å². The van der Waals surface area contributed by atoms with Gasteiger partial charge in [0.25, 0.3) is 0 Å². The SMILES string of the molecule is COc1cc2cc(Br)cc(N)c2cc1OC. The molecule has 0 saturated carbocycles. The van der Waals surface area contributed by atoms with Gasteiger partial charge < -0.3 is 15.2 Å². The second kappa shape index (κ2) is 4.22. The highest BCUT2D eigenvalue weighted by atomic mass is 79.9. The van der Waals surface area contributed by atoms with E-state index in [1.165, 1.54) is 0 Å². The number of methoxy groups -OCH3 is 2. The summed E-state index contributed by atoms with van der Waals surface area (Å²) in [4.78, 5) is 0. The van der Waals surface area contributed by atoms with Crippen LogP contribution in [0.1, 0.15) is 0 Å². The van der Waals surface area contributed by atoms with Crippen LogP contribution >= 0.6 is 15.9 Å². The Morgan fingerprint density at radius 3 is 2.25 bits per heavy atom. The van der Waals surface area contributed by atoms with Gasteiger partial charge in [0.15, 0.2) is 11.5 Å². The second-order valence-corrected chi connectivity index (χ2v) is 4.34. The fraction of sp³-hybridized carbons (Fsp3) is 0.167. The molecule has 3 nitrogen and oxygen atoms in total. The highest BCUT2D eigenvalue weighted by molar-refractivity contribution is 9.10. The summed E-state index contributed by atoms with van der Waals surface area (Å²) in [6, 6.07) is 7.66. The maximum Gasteiger partial charge on any atom is 0.161 e. The van der Waals surface area contributed by atoms with Gasteiger partial charge in [0, 0.05) is 15.5 Å². The average molecular weight is 282 g/mol. The van der Waals surface area contributed by atoms with Gasteiger partial charge in [-0.2, -0.15) is 0 Å². The van der Waals surface area contributed by atoms with Gasteiger partial charge in [-0.1, -0.05) is 15.9 Å². The van der Waals surface area contributed by atoms with Gasteiger partial charge >= 0.3 is 0 Å². The number of halogens is 1. The highest BCUT2D eigenvalue weighted by Gasteiger charge is 2.08. The molecule has 0 saturated heterocycles. The predicted molar refractivity (Wildman–Crippen MR) is 69.2 cm³/mol. The molecule has 2 aromatic carbocycles. The first-order chi connectivity index (χ1) is 7.65. The fourth-order valence-corrected chi connectivity index (χ4v) is 2.17. The molecular weight excluding hydrogens is 270 g/mol. The quantitative estimate of drug-likeness (QED) is 0.860. The Bertz CT molecular complexity index is 540. The first-order valence-electron chi connectivity index (χ1n) is 4.76. The van der Waals surface area contributed by atoms with E-state index < -0.39 is 0 Å². The molecule has 0 fully saturated rings. The standard InChI is InChI=1S/C12H12BrNO2/c1-15-11-4-7-3-8(13)5-10(14)9(7)6-12(11)16-2/h3-6H,14H2,1-2H3. The minimum absolute atomic E-state index is 0.684. The predicted octanol–water partition coefficient (Wildman–Crippen LogP) is 3.20. The molecule has 84 valence electrons. The Kier molecular flexibility index (Phi) is 2.92. The van der Waals surface area contributed by atoms with Gasteiger partial charge in [-0.3, -0.25) is 0 Å². The Morgan fingerprint density at radius 2 is 1.62 bits per heavy atom. The lowest BCUT2D eigenvalue weighted by Gasteiger charge is -2.10. The molecule has 0 aliphatic rings. The normalized spacial score (nSPS) is 10.4. The van der Waals surface area contributed by atoms with Crippen LogP contribution in [0.25, 0.3) is 10.8 Å². The van der Waals surface area contributed by atoms with Crippen LogP contribution < -0.4 is 15.2 Å². The monoisotopic (exact) mass is 281 g/mol. The fourth-order valence-electron chi connectivity index (χ4n) is 1.68. The zero-order chi connectivity index (χ0) is 11.7. The summed E-state index contributed by atoms with van der Waals surface area (Å²) >= 11 is 3.41. The molecule has 4 heteroatoms. The van der Waals surface area contributed by atoms with Crippen molar-refractivity contribution in [2.75, 3.05) is 20.0 Å². The smallest absolute Gasteiger partial charge is 0.161 e. The van der Waals surface area contributed by atoms with Crippen LogP contribution in [0.15, 0.2) is 28.7 Å². The van der Waals surface area contributed by atoms with Crippen molar-refractivity contribution in [2.45, 2.75) is 0 Å². The summed E-state index contributed by atoms with van der Waals surface area (Å²) in [7, 11) is 3.23. The molecule has 0 atom stereocenters. The number of nitrogen functional groups attached to an aromatic ring is 1. The maximum atomic E-state index is 5.95. The number of nitrogens with two attached hydrogens (primary N) is 1. The number of rotatable bonds is 2. The Labute approximate surface area is 102 Å². The number of hydrogen-bond donors (Lipinski definition) is 1. The van der Waals surface area contributed by atoms with Crippen molar-refractivity contribution in [1.29, 1.82) is 0 Å². The van der Waals surface area contributed by atoms with Crippen molar-refractivity contribution in [1.82, 2.24) is 0 Å². The van der Waals surface area contributed by atoms with E-state index in [4.69, 9.17) is 15.2 Å². The molecule has 0 aliphatic carbocycles. The minimum Gasteiger partial charge on any atom is -0.493 e. The van der Waals surface area contributed by atoms with E-state index in [-0.39, 0.29) is 0 Å². The van der Waals surface area contributed by atoms with Crippen molar-refractivity contribution in [2.24, 2.45) is 0 Å². The third-order valence-electron chi connectivity index (χ3n) is 2.45.